The van der Waals surface area contributed by atoms with Crippen LogP contribution in [0.1, 0.15) is 38.2 Å². The fourth-order valence-electron chi connectivity index (χ4n) is 4.43. The maximum absolute atomic E-state index is 11.5. The molecule has 104 valence electrons. The second-order valence-electron chi connectivity index (χ2n) is 6.49. The van der Waals surface area contributed by atoms with E-state index >= 15 is 0 Å². The smallest absolute Gasteiger partial charge is 0.0977 e. The van der Waals surface area contributed by atoms with Gasteiger partial charge in [0.25, 0.3) is 0 Å². The van der Waals surface area contributed by atoms with Crippen LogP contribution in [0.4, 0.5) is 0 Å². The van der Waals surface area contributed by atoms with Gasteiger partial charge in [-0.1, -0.05) is 50.1 Å². The Morgan fingerprint density at radius 2 is 1.84 bits per heavy atom. The molecule has 1 aliphatic heterocycles. The lowest BCUT2D eigenvalue weighted by Gasteiger charge is -2.54. The molecule has 2 aliphatic rings. The topological polar surface area (TPSA) is 23.5 Å². The van der Waals surface area contributed by atoms with E-state index in [9.17, 15) is 5.11 Å². The van der Waals surface area contributed by atoms with Crippen molar-refractivity contribution in [1.82, 2.24) is 4.90 Å². The first-order chi connectivity index (χ1) is 9.14. The molecule has 1 saturated carbocycles. The predicted molar refractivity (Wildman–Crippen MR) is 77.9 cm³/mol. The zero-order valence-electron chi connectivity index (χ0n) is 12.0. The Kier molecular flexibility index (Phi) is 3.40. The molecule has 1 aliphatic carbocycles. The molecular formula is C17H25NO. The number of likely N-dealkylation sites (tertiary alicyclic amines) is 1. The fraction of sp³-hybridized carbons (Fsp3) is 0.647. The van der Waals surface area contributed by atoms with E-state index in [1.807, 2.05) is 6.07 Å². The van der Waals surface area contributed by atoms with Gasteiger partial charge in [-0.25, -0.2) is 0 Å². The standard InChI is InChI=1S/C17H25NO/c1-13-12-18(2)16-11-7-6-10-15(16)17(13,19)14-8-4-3-5-9-14/h3-5,8-9,13,15-16,19H,6-7,10-12H2,1-2H3. The Bertz CT molecular complexity index is 432. The molecule has 1 aromatic rings. The monoisotopic (exact) mass is 259 g/mol. The normalized spacial score (nSPS) is 39.8. The van der Waals surface area contributed by atoms with Crippen molar-refractivity contribution in [3.8, 4) is 0 Å². The third-order valence-electron chi connectivity index (χ3n) is 5.41. The van der Waals surface area contributed by atoms with E-state index in [-0.39, 0.29) is 0 Å². The summed E-state index contributed by atoms with van der Waals surface area (Å²) in [6, 6.07) is 10.9. The highest BCUT2D eigenvalue weighted by Crippen LogP contribution is 2.48. The Morgan fingerprint density at radius 1 is 1.16 bits per heavy atom. The average molecular weight is 259 g/mol. The third-order valence-corrected chi connectivity index (χ3v) is 5.41. The van der Waals surface area contributed by atoms with E-state index in [0.717, 1.165) is 18.5 Å². The molecule has 2 fully saturated rings. The van der Waals surface area contributed by atoms with Crippen LogP contribution in [-0.4, -0.2) is 29.6 Å². The Balaban J connectivity index is 2.02. The van der Waals surface area contributed by atoms with Gasteiger partial charge in [-0.15, -0.1) is 0 Å². The van der Waals surface area contributed by atoms with Gasteiger partial charge in [0.15, 0.2) is 0 Å². The SMILES string of the molecule is CC1CN(C)C2CCCCC2C1(O)c1ccccc1. The molecule has 0 aromatic heterocycles. The van der Waals surface area contributed by atoms with E-state index in [1.54, 1.807) is 0 Å². The summed E-state index contributed by atoms with van der Waals surface area (Å²) in [6.07, 6.45) is 4.97. The number of nitrogens with zero attached hydrogens (tertiary/aromatic N) is 1. The molecule has 2 heteroatoms. The molecule has 1 N–H and O–H groups in total. The Labute approximate surface area is 116 Å². The zero-order valence-corrected chi connectivity index (χ0v) is 12.0. The third kappa shape index (κ3) is 2.02. The Hall–Kier alpha value is -0.860. The van der Waals surface area contributed by atoms with Crippen molar-refractivity contribution in [3.05, 3.63) is 35.9 Å². The minimum Gasteiger partial charge on any atom is -0.384 e. The summed E-state index contributed by atoms with van der Waals surface area (Å²) >= 11 is 0. The first kappa shape index (κ1) is 13.1. The molecule has 1 saturated heterocycles. The molecular weight excluding hydrogens is 234 g/mol. The van der Waals surface area contributed by atoms with Gasteiger partial charge < -0.3 is 10.0 Å². The highest BCUT2D eigenvalue weighted by atomic mass is 16.3. The number of piperidine rings is 1. The average Bonchev–Trinajstić information content (AvgIpc) is 2.46. The highest BCUT2D eigenvalue weighted by Gasteiger charge is 2.51. The molecule has 0 radical (unpaired) electrons. The Morgan fingerprint density at radius 3 is 2.58 bits per heavy atom. The van der Waals surface area contributed by atoms with Crippen LogP contribution in [0.5, 0.6) is 0 Å². The van der Waals surface area contributed by atoms with Crippen molar-refractivity contribution in [2.75, 3.05) is 13.6 Å². The molecule has 3 rings (SSSR count). The summed E-state index contributed by atoms with van der Waals surface area (Å²) in [4.78, 5) is 2.48. The minimum absolute atomic E-state index is 0.291. The van der Waals surface area contributed by atoms with Gasteiger partial charge in [0, 0.05) is 24.4 Å². The number of fused-ring (bicyclic) bond motifs is 1. The summed E-state index contributed by atoms with van der Waals surface area (Å²) < 4.78 is 0. The van der Waals surface area contributed by atoms with E-state index in [1.165, 1.54) is 19.3 Å². The lowest BCUT2D eigenvalue weighted by molar-refractivity contribution is -0.150. The zero-order chi connectivity index (χ0) is 13.5. The highest BCUT2D eigenvalue weighted by molar-refractivity contribution is 5.26. The van der Waals surface area contributed by atoms with Crippen LogP contribution in [0.3, 0.4) is 0 Å². The summed E-state index contributed by atoms with van der Waals surface area (Å²) in [6.45, 7) is 3.20. The minimum atomic E-state index is -0.640. The van der Waals surface area contributed by atoms with Crippen molar-refractivity contribution in [2.24, 2.45) is 11.8 Å². The fourth-order valence-corrected chi connectivity index (χ4v) is 4.43. The van der Waals surface area contributed by atoms with Crippen LogP contribution >= 0.6 is 0 Å². The number of benzene rings is 1. The van der Waals surface area contributed by atoms with Crippen LogP contribution in [0.25, 0.3) is 0 Å². The molecule has 1 aromatic carbocycles. The van der Waals surface area contributed by atoms with Gasteiger partial charge >= 0.3 is 0 Å². The number of rotatable bonds is 1. The van der Waals surface area contributed by atoms with Crippen molar-refractivity contribution < 1.29 is 5.11 Å². The summed E-state index contributed by atoms with van der Waals surface area (Å²) in [5, 5.41) is 11.5. The van der Waals surface area contributed by atoms with Gasteiger partial charge in [-0.2, -0.15) is 0 Å². The van der Waals surface area contributed by atoms with E-state index < -0.39 is 5.60 Å². The van der Waals surface area contributed by atoms with Gasteiger partial charge in [0.2, 0.25) is 0 Å². The van der Waals surface area contributed by atoms with Gasteiger partial charge in [0.1, 0.15) is 0 Å². The van der Waals surface area contributed by atoms with Crippen molar-refractivity contribution in [2.45, 2.75) is 44.2 Å². The van der Waals surface area contributed by atoms with Crippen LogP contribution in [0.2, 0.25) is 0 Å². The van der Waals surface area contributed by atoms with E-state index in [4.69, 9.17) is 0 Å². The predicted octanol–water partition coefficient (Wildman–Crippen LogP) is 3.01. The first-order valence-electron chi connectivity index (χ1n) is 7.62. The largest absolute Gasteiger partial charge is 0.384 e. The molecule has 19 heavy (non-hydrogen) atoms. The summed E-state index contributed by atoms with van der Waals surface area (Å²) in [5.74, 6) is 0.677. The lowest BCUT2D eigenvalue weighted by Crippen LogP contribution is -2.60. The number of hydrogen-bond donors (Lipinski definition) is 1. The molecule has 0 spiro atoms. The van der Waals surface area contributed by atoms with Crippen molar-refractivity contribution >= 4 is 0 Å². The molecule has 4 atom stereocenters. The van der Waals surface area contributed by atoms with Crippen molar-refractivity contribution in [1.29, 1.82) is 0 Å². The van der Waals surface area contributed by atoms with Gasteiger partial charge in [-0.05, 0) is 25.5 Å². The van der Waals surface area contributed by atoms with Crippen LogP contribution < -0.4 is 0 Å². The molecule has 0 amide bonds. The van der Waals surface area contributed by atoms with E-state index in [0.29, 0.717) is 17.9 Å². The maximum atomic E-state index is 11.5. The van der Waals surface area contributed by atoms with Crippen LogP contribution in [0, 0.1) is 11.8 Å². The van der Waals surface area contributed by atoms with Crippen molar-refractivity contribution in [3.63, 3.8) is 0 Å². The van der Waals surface area contributed by atoms with Crippen LogP contribution in [0.15, 0.2) is 30.3 Å². The van der Waals surface area contributed by atoms with Gasteiger partial charge in [0.05, 0.1) is 5.60 Å². The van der Waals surface area contributed by atoms with E-state index in [2.05, 4.69) is 43.1 Å². The summed E-state index contributed by atoms with van der Waals surface area (Å²) in [7, 11) is 2.23. The second kappa shape index (κ2) is 4.92. The molecule has 2 nitrogen and oxygen atoms in total. The first-order valence-corrected chi connectivity index (χ1v) is 7.62. The molecule has 1 heterocycles. The van der Waals surface area contributed by atoms with Gasteiger partial charge in [-0.3, -0.25) is 0 Å². The maximum Gasteiger partial charge on any atom is 0.0977 e. The summed E-state index contributed by atoms with van der Waals surface area (Å²) in [5.41, 5.74) is 0.478. The number of hydrogen-bond acceptors (Lipinski definition) is 2. The quantitative estimate of drug-likeness (QED) is 0.838. The van der Waals surface area contributed by atoms with Crippen LogP contribution in [-0.2, 0) is 5.60 Å². The second-order valence-corrected chi connectivity index (χ2v) is 6.49. The molecule has 0 bridgehead atoms. The lowest BCUT2D eigenvalue weighted by atomic mass is 9.62. The molecule has 4 unspecified atom stereocenters. The number of aliphatic hydroxyl groups is 1.